The zero-order chi connectivity index (χ0) is 14.4. The number of hydrogen-bond donors (Lipinski definition) is 1. The van der Waals surface area contributed by atoms with Crippen LogP contribution in [0.5, 0.6) is 0 Å². The predicted octanol–water partition coefficient (Wildman–Crippen LogP) is 3.67. The second-order valence-electron chi connectivity index (χ2n) is 8.60. The van der Waals surface area contributed by atoms with E-state index in [-0.39, 0.29) is 0 Å². The number of fused-ring (bicyclic) bond motifs is 2. The van der Waals surface area contributed by atoms with Crippen LogP contribution >= 0.6 is 0 Å². The van der Waals surface area contributed by atoms with Crippen LogP contribution in [0.4, 0.5) is 0 Å². The Kier molecular flexibility index (Phi) is 3.82. The highest BCUT2D eigenvalue weighted by Crippen LogP contribution is 2.49. The summed E-state index contributed by atoms with van der Waals surface area (Å²) in [6, 6.07) is 0.801. The van der Waals surface area contributed by atoms with Gasteiger partial charge in [0.1, 0.15) is 0 Å². The Labute approximate surface area is 131 Å². The van der Waals surface area contributed by atoms with Crippen molar-refractivity contribution in [2.24, 2.45) is 23.7 Å². The minimum atomic E-state index is 0.452. The maximum atomic E-state index is 3.92. The van der Waals surface area contributed by atoms with Gasteiger partial charge in [-0.15, -0.1) is 0 Å². The van der Waals surface area contributed by atoms with E-state index in [1.807, 2.05) is 0 Å². The maximum Gasteiger partial charge on any atom is 0.0329 e. The molecule has 2 bridgehead atoms. The fraction of sp³-hybridized carbons (Fsp3) is 1.00. The first-order valence-corrected chi connectivity index (χ1v) is 9.72. The third-order valence-electron chi connectivity index (χ3n) is 7.63. The Hall–Kier alpha value is -0.0800. The van der Waals surface area contributed by atoms with E-state index in [0.29, 0.717) is 5.54 Å². The lowest BCUT2D eigenvalue weighted by atomic mass is 9.82. The van der Waals surface area contributed by atoms with E-state index in [0.717, 1.165) is 29.7 Å². The summed E-state index contributed by atoms with van der Waals surface area (Å²) in [6.45, 7) is 8.81. The average molecular weight is 290 g/mol. The summed E-state index contributed by atoms with van der Waals surface area (Å²) < 4.78 is 0. The van der Waals surface area contributed by atoms with Crippen molar-refractivity contribution in [3.8, 4) is 0 Å². The minimum absolute atomic E-state index is 0.452. The van der Waals surface area contributed by atoms with Gasteiger partial charge in [0.05, 0.1) is 0 Å². The van der Waals surface area contributed by atoms with Crippen LogP contribution in [0.1, 0.15) is 65.2 Å². The van der Waals surface area contributed by atoms with Gasteiger partial charge in [0.15, 0.2) is 0 Å². The highest BCUT2D eigenvalue weighted by atomic mass is 15.3. The van der Waals surface area contributed by atoms with E-state index in [1.54, 1.807) is 25.7 Å². The van der Waals surface area contributed by atoms with E-state index in [1.165, 1.54) is 45.3 Å². The predicted molar refractivity (Wildman–Crippen MR) is 88.3 cm³/mol. The largest absolute Gasteiger partial charge is 0.311 e. The number of piperazine rings is 1. The van der Waals surface area contributed by atoms with E-state index >= 15 is 0 Å². The van der Waals surface area contributed by atoms with Gasteiger partial charge in [-0.1, -0.05) is 20.3 Å². The van der Waals surface area contributed by atoms with Crippen LogP contribution < -0.4 is 5.32 Å². The van der Waals surface area contributed by atoms with Crippen molar-refractivity contribution in [3.63, 3.8) is 0 Å². The molecule has 4 aliphatic rings. The lowest BCUT2D eigenvalue weighted by molar-refractivity contribution is 0.00779. The molecule has 4 unspecified atom stereocenters. The number of nitrogens with zero attached hydrogens (tertiary/aromatic N) is 1. The normalized spacial score (nSPS) is 42.6. The van der Waals surface area contributed by atoms with Crippen molar-refractivity contribution in [1.82, 2.24) is 10.2 Å². The van der Waals surface area contributed by atoms with Gasteiger partial charge in [-0.2, -0.15) is 0 Å². The molecular formula is C19H34N2. The first-order chi connectivity index (χ1) is 10.2. The van der Waals surface area contributed by atoms with Crippen molar-refractivity contribution in [2.45, 2.75) is 76.8 Å². The Morgan fingerprint density at radius 3 is 2.33 bits per heavy atom. The van der Waals surface area contributed by atoms with Crippen LogP contribution in [0.15, 0.2) is 0 Å². The summed E-state index contributed by atoms with van der Waals surface area (Å²) in [5.74, 6) is 4.20. The zero-order valence-electron chi connectivity index (χ0n) is 14.1. The highest BCUT2D eigenvalue weighted by molar-refractivity contribution is 5.03. The van der Waals surface area contributed by atoms with Crippen molar-refractivity contribution in [1.29, 1.82) is 0 Å². The van der Waals surface area contributed by atoms with Crippen molar-refractivity contribution >= 4 is 0 Å². The SMILES string of the molecule is CCC1(CC)CNC(C2CC2)CN1CC1CC2CCC1C2. The molecule has 120 valence electrons. The van der Waals surface area contributed by atoms with Gasteiger partial charge in [0, 0.05) is 31.2 Å². The molecule has 1 N–H and O–H groups in total. The summed E-state index contributed by atoms with van der Waals surface area (Å²) in [5.41, 5.74) is 0.452. The van der Waals surface area contributed by atoms with Crippen molar-refractivity contribution in [3.05, 3.63) is 0 Å². The fourth-order valence-corrected chi connectivity index (χ4v) is 5.84. The third kappa shape index (κ3) is 2.57. The van der Waals surface area contributed by atoms with Gasteiger partial charge in [0.25, 0.3) is 0 Å². The van der Waals surface area contributed by atoms with Crippen LogP contribution in [-0.2, 0) is 0 Å². The van der Waals surface area contributed by atoms with Gasteiger partial charge >= 0.3 is 0 Å². The molecular weight excluding hydrogens is 256 g/mol. The third-order valence-corrected chi connectivity index (χ3v) is 7.63. The van der Waals surface area contributed by atoms with Gasteiger partial charge < -0.3 is 5.32 Å². The van der Waals surface area contributed by atoms with Crippen LogP contribution in [0.2, 0.25) is 0 Å². The number of hydrogen-bond acceptors (Lipinski definition) is 2. The zero-order valence-corrected chi connectivity index (χ0v) is 14.1. The molecule has 0 amide bonds. The summed E-state index contributed by atoms with van der Waals surface area (Å²) in [6.07, 6.45) is 11.8. The van der Waals surface area contributed by atoms with E-state index < -0.39 is 0 Å². The molecule has 4 atom stereocenters. The number of nitrogens with one attached hydrogen (secondary N) is 1. The Balaban J connectivity index is 1.47. The first-order valence-electron chi connectivity index (χ1n) is 9.72. The highest BCUT2D eigenvalue weighted by Gasteiger charge is 2.46. The van der Waals surface area contributed by atoms with Gasteiger partial charge in [-0.05, 0) is 68.6 Å². The Morgan fingerprint density at radius 1 is 1.00 bits per heavy atom. The molecule has 3 saturated carbocycles. The van der Waals surface area contributed by atoms with E-state index in [9.17, 15) is 0 Å². The molecule has 1 heterocycles. The fourth-order valence-electron chi connectivity index (χ4n) is 5.84. The van der Waals surface area contributed by atoms with Crippen LogP contribution in [0.3, 0.4) is 0 Å². The first kappa shape index (κ1) is 14.5. The summed E-state index contributed by atoms with van der Waals surface area (Å²) in [4.78, 5) is 2.96. The van der Waals surface area contributed by atoms with Gasteiger partial charge in [-0.25, -0.2) is 0 Å². The van der Waals surface area contributed by atoms with Crippen LogP contribution in [0, 0.1) is 23.7 Å². The molecule has 2 heteroatoms. The minimum Gasteiger partial charge on any atom is -0.311 e. The summed E-state index contributed by atoms with van der Waals surface area (Å²) in [7, 11) is 0. The molecule has 1 aliphatic heterocycles. The molecule has 0 aromatic carbocycles. The topological polar surface area (TPSA) is 15.3 Å². The second-order valence-corrected chi connectivity index (χ2v) is 8.60. The van der Waals surface area contributed by atoms with Crippen LogP contribution in [-0.4, -0.2) is 36.1 Å². The molecule has 3 aliphatic carbocycles. The second kappa shape index (κ2) is 5.53. The number of rotatable bonds is 5. The molecule has 4 fully saturated rings. The molecule has 21 heavy (non-hydrogen) atoms. The van der Waals surface area contributed by atoms with E-state index in [4.69, 9.17) is 0 Å². The average Bonchev–Trinajstić information content (AvgIpc) is 3.17. The van der Waals surface area contributed by atoms with Crippen LogP contribution in [0.25, 0.3) is 0 Å². The quantitative estimate of drug-likeness (QED) is 0.831. The van der Waals surface area contributed by atoms with Gasteiger partial charge in [-0.3, -0.25) is 4.90 Å². The Morgan fingerprint density at radius 2 is 1.76 bits per heavy atom. The van der Waals surface area contributed by atoms with Gasteiger partial charge in [0.2, 0.25) is 0 Å². The molecule has 4 rings (SSSR count). The molecule has 1 saturated heterocycles. The molecule has 2 nitrogen and oxygen atoms in total. The van der Waals surface area contributed by atoms with E-state index in [2.05, 4.69) is 24.1 Å². The molecule has 0 aromatic heterocycles. The smallest absolute Gasteiger partial charge is 0.0329 e. The summed E-state index contributed by atoms with van der Waals surface area (Å²) in [5, 5.41) is 3.92. The maximum absolute atomic E-state index is 3.92. The lowest BCUT2D eigenvalue weighted by Gasteiger charge is -2.51. The Bertz CT molecular complexity index is 372. The molecule has 0 spiro atoms. The monoisotopic (exact) mass is 290 g/mol. The lowest BCUT2D eigenvalue weighted by Crippen LogP contribution is -2.65. The molecule has 0 radical (unpaired) electrons. The van der Waals surface area contributed by atoms with Crippen molar-refractivity contribution < 1.29 is 0 Å². The standard InChI is InChI=1S/C19H34N2/c1-3-19(4-2)13-20-18(15-7-8-15)12-21(19)11-17-10-14-5-6-16(17)9-14/h14-18,20H,3-13H2,1-2H3. The van der Waals surface area contributed by atoms with Crippen molar-refractivity contribution in [2.75, 3.05) is 19.6 Å². The summed E-state index contributed by atoms with van der Waals surface area (Å²) >= 11 is 0. The molecule has 0 aromatic rings.